The lowest BCUT2D eigenvalue weighted by atomic mass is 10.0. The summed E-state index contributed by atoms with van der Waals surface area (Å²) >= 11 is 0. The lowest BCUT2D eigenvalue weighted by Gasteiger charge is -2.12. The van der Waals surface area contributed by atoms with Crippen LogP contribution in [0.25, 0.3) is 0 Å². The van der Waals surface area contributed by atoms with Gasteiger partial charge in [-0.05, 0) is 34.4 Å². The van der Waals surface area contributed by atoms with Gasteiger partial charge in [0, 0.05) is 12.1 Å². The SMILES string of the molecule is CC1(C)[C@@H](CNC(=O)CC2NC(=O)c3ccccc32)[C@@H]1c1ccccc1. The molecule has 26 heavy (non-hydrogen) atoms. The first kappa shape index (κ1) is 16.8. The van der Waals surface area contributed by atoms with E-state index in [9.17, 15) is 9.59 Å². The Hall–Kier alpha value is -2.62. The summed E-state index contributed by atoms with van der Waals surface area (Å²) in [5.74, 6) is 0.822. The Bertz CT molecular complexity index is 844. The number of hydrogen-bond donors (Lipinski definition) is 2. The fourth-order valence-corrected chi connectivity index (χ4v) is 4.41. The van der Waals surface area contributed by atoms with Gasteiger partial charge in [-0.2, -0.15) is 0 Å². The molecule has 1 unspecified atom stereocenters. The van der Waals surface area contributed by atoms with E-state index in [1.165, 1.54) is 5.56 Å². The van der Waals surface area contributed by atoms with Gasteiger partial charge in [-0.3, -0.25) is 9.59 Å². The molecule has 1 saturated carbocycles. The van der Waals surface area contributed by atoms with E-state index in [0.717, 1.165) is 5.56 Å². The van der Waals surface area contributed by atoms with Crippen LogP contribution in [-0.4, -0.2) is 18.4 Å². The largest absolute Gasteiger partial charge is 0.356 e. The van der Waals surface area contributed by atoms with E-state index in [2.05, 4.69) is 48.7 Å². The molecule has 1 fully saturated rings. The molecule has 3 atom stereocenters. The van der Waals surface area contributed by atoms with Gasteiger partial charge in [-0.25, -0.2) is 0 Å². The smallest absolute Gasteiger partial charge is 0.252 e. The van der Waals surface area contributed by atoms with Crippen LogP contribution in [0.1, 0.15) is 53.7 Å². The summed E-state index contributed by atoms with van der Waals surface area (Å²) in [5.41, 5.74) is 3.14. The number of rotatable bonds is 5. The molecule has 4 nitrogen and oxygen atoms in total. The average Bonchev–Trinajstić information content (AvgIpc) is 3.05. The van der Waals surface area contributed by atoms with Gasteiger partial charge in [-0.1, -0.05) is 62.4 Å². The van der Waals surface area contributed by atoms with Gasteiger partial charge in [0.15, 0.2) is 0 Å². The minimum absolute atomic E-state index is 0.0125. The molecule has 4 heteroatoms. The third-order valence-electron chi connectivity index (χ3n) is 6.00. The number of hydrogen-bond acceptors (Lipinski definition) is 2. The Morgan fingerprint density at radius 2 is 1.77 bits per heavy atom. The number of carbonyl (C=O) groups is 2. The van der Waals surface area contributed by atoms with E-state index in [1.807, 2.05) is 24.3 Å². The Balaban J connectivity index is 1.35. The third-order valence-corrected chi connectivity index (χ3v) is 6.00. The lowest BCUT2D eigenvalue weighted by Crippen LogP contribution is -2.31. The quantitative estimate of drug-likeness (QED) is 0.870. The van der Waals surface area contributed by atoms with Crippen LogP contribution < -0.4 is 10.6 Å². The first-order valence-corrected chi connectivity index (χ1v) is 9.20. The van der Waals surface area contributed by atoms with Crippen molar-refractivity contribution in [2.75, 3.05) is 6.54 Å². The zero-order valence-corrected chi connectivity index (χ0v) is 15.2. The highest BCUT2D eigenvalue weighted by atomic mass is 16.2. The molecule has 134 valence electrons. The van der Waals surface area contributed by atoms with Gasteiger partial charge < -0.3 is 10.6 Å². The maximum atomic E-state index is 12.4. The van der Waals surface area contributed by atoms with Gasteiger partial charge in [0.1, 0.15) is 0 Å². The summed E-state index contributed by atoms with van der Waals surface area (Å²) in [5, 5.41) is 5.99. The van der Waals surface area contributed by atoms with Crippen molar-refractivity contribution in [1.29, 1.82) is 0 Å². The normalized spacial score (nSPS) is 25.3. The number of nitrogens with one attached hydrogen (secondary N) is 2. The highest BCUT2D eigenvalue weighted by Crippen LogP contribution is 2.63. The standard InChI is InChI=1S/C22H24N2O2/c1-22(2)17(20(22)14-8-4-3-5-9-14)13-23-19(25)12-18-15-10-6-7-11-16(15)21(26)24-18/h3-11,17-18,20H,12-13H2,1-2H3,(H,23,25)(H,24,26)/t17-,18?,20-/m0/s1. The molecule has 1 heterocycles. The molecule has 2 N–H and O–H groups in total. The van der Waals surface area contributed by atoms with Gasteiger partial charge in [0.05, 0.1) is 12.5 Å². The van der Waals surface area contributed by atoms with Gasteiger partial charge >= 0.3 is 0 Å². The first-order valence-electron chi connectivity index (χ1n) is 9.20. The topological polar surface area (TPSA) is 58.2 Å². The van der Waals surface area contributed by atoms with Crippen molar-refractivity contribution >= 4 is 11.8 Å². The molecule has 0 spiro atoms. The second kappa shape index (κ2) is 6.27. The molecule has 1 aliphatic carbocycles. The zero-order valence-electron chi connectivity index (χ0n) is 15.2. The summed E-state index contributed by atoms with van der Waals surface area (Å²) in [6.45, 7) is 5.19. The summed E-state index contributed by atoms with van der Waals surface area (Å²) in [6.07, 6.45) is 0.284. The Morgan fingerprint density at radius 1 is 1.08 bits per heavy atom. The van der Waals surface area contributed by atoms with Crippen molar-refractivity contribution in [2.24, 2.45) is 11.3 Å². The molecule has 2 aromatic rings. The van der Waals surface area contributed by atoms with E-state index in [0.29, 0.717) is 23.9 Å². The van der Waals surface area contributed by atoms with E-state index in [1.54, 1.807) is 6.07 Å². The minimum Gasteiger partial charge on any atom is -0.356 e. The zero-order chi connectivity index (χ0) is 18.3. The highest BCUT2D eigenvalue weighted by Gasteiger charge is 2.57. The molecule has 2 aliphatic rings. The van der Waals surface area contributed by atoms with Crippen LogP contribution in [0.5, 0.6) is 0 Å². The van der Waals surface area contributed by atoms with E-state index >= 15 is 0 Å². The monoisotopic (exact) mass is 348 g/mol. The molecule has 0 saturated heterocycles. The molecule has 2 aromatic carbocycles. The van der Waals surface area contributed by atoms with Crippen molar-refractivity contribution in [3.63, 3.8) is 0 Å². The van der Waals surface area contributed by atoms with Crippen molar-refractivity contribution in [2.45, 2.75) is 32.2 Å². The summed E-state index contributed by atoms with van der Waals surface area (Å²) in [4.78, 5) is 24.4. The van der Waals surface area contributed by atoms with Crippen LogP contribution in [0.15, 0.2) is 54.6 Å². The Labute approximate surface area is 154 Å². The predicted octanol–water partition coefficient (Wildman–Crippen LogP) is 3.42. The van der Waals surface area contributed by atoms with Gasteiger partial charge in [0.25, 0.3) is 5.91 Å². The number of amides is 2. The number of fused-ring (bicyclic) bond motifs is 1. The van der Waals surface area contributed by atoms with Crippen LogP contribution in [0.3, 0.4) is 0 Å². The lowest BCUT2D eigenvalue weighted by molar-refractivity contribution is -0.121. The van der Waals surface area contributed by atoms with Crippen LogP contribution >= 0.6 is 0 Å². The second-order valence-electron chi connectivity index (χ2n) is 7.94. The molecular weight excluding hydrogens is 324 g/mol. The molecule has 0 bridgehead atoms. The van der Waals surface area contributed by atoms with Crippen molar-refractivity contribution in [3.05, 3.63) is 71.3 Å². The first-order chi connectivity index (χ1) is 12.5. The predicted molar refractivity (Wildman–Crippen MR) is 101 cm³/mol. The fourth-order valence-electron chi connectivity index (χ4n) is 4.41. The maximum Gasteiger partial charge on any atom is 0.252 e. The Kier molecular flexibility index (Phi) is 4.06. The van der Waals surface area contributed by atoms with Crippen molar-refractivity contribution in [1.82, 2.24) is 10.6 Å². The minimum atomic E-state index is -0.226. The summed E-state index contributed by atoms with van der Waals surface area (Å²) in [6, 6.07) is 17.7. The van der Waals surface area contributed by atoms with Crippen LogP contribution in [-0.2, 0) is 4.79 Å². The highest BCUT2D eigenvalue weighted by molar-refractivity contribution is 5.99. The fraction of sp³-hybridized carbons (Fsp3) is 0.364. The molecule has 1 aliphatic heterocycles. The molecule has 2 amide bonds. The van der Waals surface area contributed by atoms with Crippen LogP contribution in [0.4, 0.5) is 0 Å². The van der Waals surface area contributed by atoms with Gasteiger partial charge in [-0.15, -0.1) is 0 Å². The maximum absolute atomic E-state index is 12.4. The van der Waals surface area contributed by atoms with E-state index < -0.39 is 0 Å². The third kappa shape index (κ3) is 2.90. The second-order valence-corrected chi connectivity index (χ2v) is 7.94. The molecular formula is C22H24N2O2. The molecule has 0 radical (unpaired) electrons. The summed E-state index contributed by atoms with van der Waals surface area (Å²) in [7, 11) is 0. The average molecular weight is 348 g/mol. The van der Waals surface area contributed by atoms with Crippen LogP contribution in [0, 0.1) is 11.3 Å². The van der Waals surface area contributed by atoms with Crippen LogP contribution in [0.2, 0.25) is 0 Å². The summed E-state index contributed by atoms with van der Waals surface area (Å²) < 4.78 is 0. The van der Waals surface area contributed by atoms with Gasteiger partial charge in [0.2, 0.25) is 5.91 Å². The number of carbonyl (C=O) groups excluding carboxylic acids is 2. The van der Waals surface area contributed by atoms with Crippen molar-refractivity contribution in [3.8, 4) is 0 Å². The van der Waals surface area contributed by atoms with E-state index in [-0.39, 0.29) is 29.7 Å². The van der Waals surface area contributed by atoms with E-state index in [4.69, 9.17) is 0 Å². The van der Waals surface area contributed by atoms with Crippen molar-refractivity contribution < 1.29 is 9.59 Å². The molecule has 0 aromatic heterocycles. The molecule has 4 rings (SSSR count). The Morgan fingerprint density at radius 3 is 2.54 bits per heavy atom. The number of benzene rings is 2.